The van der Waals surface area contributed by atoms with Gasteiger partial charge in [0.2, 0.25) is 0 Å². The molecule has 1 fully saturated rings. The van der Waals surface area contributed by atoms with Crippen LogP contribution in [-0.2, 0) is 11.3 Å². The minimum atomic E-state index is 0.252. The molecular formula is C20H30N2O. The zero-order valence-electron chi connectivity index (χ0n) is 14.5. The average molecular weight is 314 g/mol. The van der Waals surface area contributed by atoms with Crippen LogP contribution in [0.1, 0.15) is 32.3 Å². The molecule has 0 bridgehead atoms. The van der Waals surface area contributed by atoms with Crippen LogP contribution in [0, 0.1) is 0 Å². The first kappa shape index (κ1) is 17.8. The van der Waals surface area contributed by atoms with Crippen LogP contribution < -0.4 is 5.32 Å². The lowest BCUT2D eigenvalue weighted by Crippen LogP contribution is -2.37. The summed E-state index contributed by atoms with van der Waals surface area (Å²) < 4.78 is 6.02. The second-order valence-corrected chi connectivity index (χ2v) is 6.02. The predicted octanol–water partition coefficient (Wildman–Crippen LogP) is 3.74. The van der Waals surface area contributed by atoms with Crippen LogP contribution in [0.4, 0.5) is 0 Å². The van der Waals surface area contributed by atoms with E-state index in [1.54, 1.807) is 0 Å². The standard InChI is InChI=1S/C20H30N2O/c1-3-5-12-19(4-2)21-15-20-17-22(13-9-14-23-20)16-18-10-7-6-8-11-18/h3,5-8,10-12,20-21H,4,9,13-17H2,1-2H3/b5-3-,19-12+. The molecule has 1 aromatic carbocycles. The lowest BCUT2D eigenvalue weighted by atomic mass is 10.2. The molecule has 3 heteroatoms. The molecule has 0 radical (unpaired) electrons. The lowest BCUT2D eigenvalue weighted by molar-refractivity contribution is 0.0550. The molecule has 1 unspecified atom stereocenters. The van der Waals surface area contributed by atoms with Crippen LogP contribution in [-0.4, -0.2) is 37.2 Å². The minimum absolute atomic E-state index is 0.252. The fourth-order valence-electron chi connectivity index (χ4n) is 2.84. The van der Waals surface area contributed by atoms with E-state index in [1.165, 1.54) is 11.3 Å². The summed E-state index contributed by atoms with van der Waals surface area (Å²) >= 11 is 0. The Bertz CT molecular complexity index is 496. The molecule has 1 aliphatic heterocycles. The summed E-state index contributed by atoms with van der Waals surface area (Å²) in [5, 5.41) is 3.54. The number of nitrogens with zero attached hydrogens (tertiary/aromatic N) is 1. The van der Waals surface area contributed by atoms with Gasteiger partial charge in [0.15, 0.2) is 0 Å². The molecule has 1 heterocycles. The maximum Gasteiger partial charge on any atom is 0.0873 e. The summed E-state index contributed by atoms with van der Waals surface area (Å²) in [4.78, 5) is 2.51. The fraction of sp³-hybridized carbons (Fsp3) is 0.500. The molecular weight excluding hydrogens is 284 g/mol. The van der Waals surface area contributed by atoms with Gasteiger partial charge in [-0.2, -0.15) is 0 Å². The Hall–Kier alpha value is -1.58. The van der Waals surface area contributed by atoms with Crippen molar-refractivity contribution in [1.82, 2.24) is 10.2 Å². The van der Waals surface area contributed by atoms with Crippen molar-refractivity contribution in [3.63, 3.8) is 0 Å². The molecule has 2 rings (SSSR count). The van der Waals surface area contributed by atoms with Crippen molar-refractivity contribution in [1.29, 1.82) is 0 Å². The fourth-order valence-corrected chi connectivity index (χ4v) is 2.84. The Balaban J connectivity index is 1.86. The van der Waals surface area contributed by atoms with Crippen molar-refractivity contribution in [3.8, 4) is 0 Å². The van der Waals surface area contributed by atoms with E-state index >= 15 is 0 Å². The van der Waals surface area contributed by atoms with Gasteiger partial charge in [0.1, 0.15) is 0 Å². The Morgan fingerprint density at radius 3 is 2.91 bits per heavy atom. The highest BCUT2D eigenvalue weighted by atomic mass is 16.5. The van der Waals surface area contributed by atoms with E-state index in [0.717, 1.165) is 45.6 Å². The van der Waals surface area contributed by atoms with E-state index in [0.29, 0.717) is 0 Å². The summed E-state index contributed by atoms with van der Waals surface area (Å²) in [6, 6.07) is 10.7. The van der Waals surface area contributed by atoms with Crippen molar-refractivity contribution >= 4 is 0 Å². The van der Waals surface area contributed by atoms with Crippen molar-refractivity contribution in [2.75, 3.05) is 26.2 Å². The van der Waals surface area contributed by atoms with E-state index < -0.39 is 0 Å². The maximum absolute atomic E-state index is 6.02. The largest absolute Gasteiger partial charge is 0.386 e. The van der Waals surface area contributed by atoms with Crippen molar-refractivity contribution in [3.05, 3.63) is 59.8 Å². The molecule has 0 saturated carbocycles. The van der Waals surface area contributed by atoms with E-state index in [4.69, 9.17) is 4.74 Å². The van der Waals surface area contributed by atoms with Gasteiger partial charge in [-0.15, -0.1) is 0 Å². The normalized spacial score (nSPS) is 20.6. The highest BCUT2D eigenvalue weighted by molar-refractivity contribution is 5.14. The van der Waals surface area contributed by atoms with E-state index in [2.05, 4.69) is 65.7 Å². The van der Waals surface area contributed by atoms with Crippen molar-refractivity contribution < 1.29 is 4.74 Å². The molecule has 126 valence electrons. The number of nitrogens with one attached hydrogen (secondary N) is 1. The van der Waals surface area contributed by atoms with E-state index in [9.17, 15) is 0 Å². The molecule has 1 aliphatic rings. The first-order valence-electron chi connectivity index (χ1n) is 8.75. The predicted molar refractivity (Wildman–Crippen MR) is 97.3 cm³/mol. The Morgan fingerprint density at radius 1 is 1.35 bits per heavy atom. The van der Waals surface area contributed by atoms with Crippen molar-refractivity contribution in [2.24, 2.45) is 0 Å². The first-order valence-corrected chi connectivity index (χ1v) is 8.75. The minimum Gasteiger partial charge on any atom is -0.386 e. The third kappa shape index (κ3) is 6.59. The number of ether oxygens (including phenoxy) is 1. The molecule has 0 spiro atoms. The molecule has 1 saturated heterocycles. The molecule has 0 aromatic heterocycles. The average Bonchev–Trinajstić information content (AvgIpc) is 2.81. The number of rotatable bonds is 7. The topological polar surface area (TPSA) is 24.5 Å². The maximum atomic E-state index is 6.02. The zero-order chi connectivity index (χ0) is 16.3. The second kappa shape index (κ2) is 10.2. The van der Waals surface area contributed by atoms with Gasteiger partial charge < -0.3 is 10.1 Å². The molecule has 1 atom stereocenters. The van der Waals surface area contributed by atoms with E-state index in [1.807, 2.05) is 6.92 Å². The zero-order valence-corrected chi connectivity index (χ0v) is 14.5. The third-order valence-electron chi connectivity index (χ3n) is 4.11. The van der Waals surface area contributed by atoms with Gasteiger partial charge in [-0.3, -0.25) is 4.90 Å². The van der Waals surface area contributed by atoms with Crippen LogP contribution in [0.15, 0.2) is 54.3 Å². The summed E-state index contributed by atoms with van der Waals surface area (Å²) in [5.41, 5.74) is 2.65. The molecule has 3 nitrogen and oxygen atoms in total. The second-order valence-electron chi connectivity index (χ2n) is 6.02. The summed E-state index contributed by atoms with van der Waals surface area (Å²) in [7, 11) is 0. The quantitative estimate of drug-likeness (QED) is 0.776. The first-order chi connectivity index (χ1) is 11.3. The van der Waals surface area contributed by atoms with Crippen molar-refractivity contribution in [2.45, 2.75) is 39.3 Å². The molecule has 0 amide bonds. The van der Waals surface area contributed by atoms with Crippen LogP contribution in [0.5, 0.6) is 0 Å². The van der Waals surface area contributed by atoms with Crippen LogP contribution in [0.25, 0.3) is 0 Å². The smallest absolute Gasteiger partial charge is 0.0873 e. The highest BCUT2D eigenvalue weighted by Crippen LogP contribution is 2.11. The molecule has 1 N–H and O–H groups in total. The van der Waals surface area contributed by atoms with Gasteiger partial charge in [-0.25, -0.2) is 0 Å². The van der Waals surface area contributed by atoms with E-state index in [-0.39, 0.29) is 6.10 Å². The Morgan fingerprint density at radius 2 is 2.17 bits per heavy atom. The van der Waals surface area contributed by atoms with Crippen LogP contribution >= 0.6 is 0 Å². The number of benzene rings is 1. The van der Waals surface area contributed by atoms with Gasteiger partial charge in [0.05, 0.1) is 6.10 Å². The third-order valence-corrected chi connectivity index (χ3v) is 4.11. The monoisotopic (exact) mass is 314 g/mol. The van der Waals surface area contributed by atoms with Gasteiger partial charge in [-0.1, -0.05) is 49.4 Å². The Labute approximate surface area is 141 Å². The van der Waals surface area contributed by atoms with Crippen LogP contribution in [0.2, 0.25) is 0 Å². The number of hydrogen-bond acceptors (Lipinski definition) is 3. The number of hydrogen-bond donors (Lipinski definition) is 1. The lowest BCUT2D eigenvalue weighted by Gasteiger charge is -2.24. The highest BCUT2D eigenvalue weighted by Gasteiger charge is 2.18. The molecule has 0 aliphatic carbocycles. The van der Waals surface area contributed by atoms with Gasteiger partial charge >= 0.3 is 0 Å². The van der Waals surface area contributed by atoms with Gasteiger partial charge in [0, 0.05) is 38.5 Å². The molecule has 1 aromatic rings. The summed E-state index contributed by atoms with van der Waals surface area (Å²) in [5.74, 6) is 0. The van der Waals surface area contributed by atoms with Gasteiger partial charge in [-0.05, 0) is 31.4 Å². The SMILES string of the molecule is C/C=C\C=C(/CC)NCC1CN(Cc2ccccc2)CCCO1. The molecule has 23 heavy (non-hydrogen) atoms. The van der Waals surface area contributed by atoms with Gasteiger partial charge in [0.25, 0.3) is 0 Å². The summed E-state index contributed by atoms with van der Waals surface area (Å²) in [6.07, 6.45) is 8.67. The Kier molecular flexibility index (Phi) is 7.91. The van der Waals surface area contributed by atoms with Crippen LogP contribution in [0.3, 0.4) is 0 Å². The number of allylic oxidation sites excluding steroid dienone is 4. The summed E-state index contributed by atoms with van der Waals surface area (Å²) in [6.45, 7) is 9.07.